The van der Waals surface area contributed by atoms with E-state index in [1.54, 1.807) is 7.05 Å². The van der Waals surface area contributed by atoms with Gasteiger partial charge in [0.15, 0.2) is 0 Å². The lowest BCUT2D eigenvalue weighted by Crippen LogP contribution is -2.55. The first kappa shape index (κ1) is 37.6. The number of sulfonamides is 1. The molecule has 0 saturated heterocycles. The highest BCUT2D eigenvalue weighted by Crippen LogP contribution is 2.23. The fraction of sp³-hybridized carbons (Fsp3) is 0.455. The Labute approximate surface area is 281 Å². The van der Waals surface area contributed by atoms with Crippen molar-refractivity contribution in [1.82, 2.24) is 25.8 Å². The van der Waals surface area contributed by atoms with Crippen molar-refractivity contribution in [1.29, 1.82) is 0 Å². The number of rotatable bonds is 16. The first-order valence-electron chi connectivity index (χ1n) is 15.3. The third kappa shape index (κ3) is 11.4. The molecule has 0 aliphatic rings. The maximum Gasteiger partial charge on any atom is 0.254 e. The van der Waals surface area contributed by atoms with E-state index in [2.05, 4.69) is 20.9 Å². The maximum atomic E-state index is 13.8. The van der Waals surface area contributed by atoms with Crippen LogP contribution in [0.2, 0.25) is 0 Å². The quantitative estimate of drug-likeness (QED) is 0.179. The highest BCUT2D eigenvalue weighted by molar-refractivity contribution is 7.92. The molecule has 3 atom stereocenters. The number of aromatic nitrogens is 1. The minimum Gasteiger partial charge on any atom is -0.391 e. The number of nitrogens with one attached hydrogen (secondary N) is 3. The van der Waals surface area contributed by atoms with Gasteiger partial charge in [0.1, 0.15) is 11.0 Å². The number of aliphatic hydroxyl groups is 1. The number of nitrogens with zero attached hydrogens (tertiary/aromatic N) is 3. The fourth-order valence-corrected chi connectivity index (χ4v) is 6.03. The molecule has 12 nitrogen and oxygen atoms in total. The molecule has 0 spiro atoms. The third-order valence-electron chi connectivity index (χ3n) is 7.37. The normalized spacial score (nSPS) is 13.5. The number of hydrogen-bond acceptors (Lipinski definition) is 9. The zero-order chi connectivity index (χ0) is 34.9. The molecule has 0 aliphatic heterocycles. The smallest absolute Gasteiger partial charge is 0.254 e. The lowest BCUT2D eigenvalue weighted by molar-refractivity contribution is -0.125. The topological polar surface area (TPSA) is 161 Å². The van der Waals surface area contributed by atoms with E-state index in [1.165, 1.54) is 48.4 Å². The van der Waals surface area contributed by atoms with Crippen LogP contribution < -0.4 is 20.3 Å². The highest BCUT2D eigenvalue weighted by Gasteiger charge is 2.26. The van der Waals surface area contributed by atoms with Crippen molar-refractivity contribution in [3.8, 4) is 0 Å². The average Bonchev–Trinajstić information content (AvgIpc) is 3.42. The van der Waals surface area contributed by atoms with Gasteiger partial charge in [-0.05, 0) is 49.9 Å². The van der Waals surface area contributed by atoms with Crippen LogP contribution in [0.4, 0.5) is 5.69 Å². The number of carbonyl (C=O) groups excluding carboxylic acids is 3. The van der Waals surface area contributed by atoms with Gasteiger partial charge in [-0.25, -0.2) is 13.4 Å². The van der Waals surface area contributed by atoms with E-state index in [9.17, 15) is 27.9 Å². The summed E-state index contributed by atoms with van der Waals surface area (Å²) in [5.41, 5.74) is 2.14. The molecule has 3 aromatic rings. The van der Waals surface area contributed by atoms with Crippen molar-refractivity contribution in [2.24, 2.45) is 5.92 Å². The number of benzene rings is 2. The zero-order valence-corrected chi connectivity index (χ0v) is 29.6. The van der Waals surface area contributed by atoms with Gasteiger partial charge in [-0.1, -0.05) is 44.2 Å². The maximum absolute atomic E-state index is 13.8. The lowest BCUT2D eigenvalue weighted by Gasteiger charge is -2.26. The molecule has 3 amide bonds. The van der Waals surface area contributed by atoms with Crippen molar-refractivity contribution in [3.05, 3.63) is 81.3 Å². The number of aliphatic hydroxyl groups excluding tert-OH is 1. The van der Waals surface area contributed by atoms with E-state index in [4.69, 9.17) is 0 Å². The van der Waals surface area contributed by atoms with E-state index in [0.29, 0.717) is 13.0 Å². The molecule has 1 heterocycles. The van der Waals surface area contributed by atoms with Gasteiger partial charge in [-0.15, -0.1) is 11.3 Å². The minimum atomic E-state index is -3.72. The molecule has 47 heavy (non-hydrogen) atoms. The van der Waals surface area contributed by atoms with Gasteiger partial charge < -0.3 is 26.0 Å². The number of hydrogen-bond donors (Lipinski definition) is 4. The number of carbonyl (C=O) groups is 3. The van der Waals surface area contributed by atoms with Gasteiger partial charge >= 0.3 is 0 Å². The first-order chi connectivity index (χ1) is 22.0. The molecule has 0 fully saturated rings. The predicted molar refractivity (Wildman–Crippen MR) is 185 cm³/mol. The summed E-state index contributed by atoms with van der Waals surface area (Å²) in [6.45, 7) is 8.15. The lowest BCUT2D eigenvalue weighted by atomic mass is 10.0. The molecule has 0 aliphatic carbocycles. The zero-order valence-electron chi connectivity index (χ0n) is 28.0. The molecular weight excluding hydrogens is 641 g/mol. The third-order valence-corrected chi connectivity index (χ3v) is 9.52. The van der Waals surface area contributed by atoms with Gasteiger partial charge in [0.2, 0.25) is 15.9 Å². The van der Waals surface area contributed by atoms with E-state index in [0.717, 1.165) is 26.8 Å². The van der Waals surface area contributed by atoms with Crippen LogP contribution in [0.3, 0.4) is 0 Å². The Kier molecular flexibility index (Phi) is 13.5. The Bertz CT molecular complexity index is 1630. The molecule has 0 bridgehead atoms. The SMILES string of the molecule is Cc1csc(CN(C)C(=O)c2cc(C(=O)N[C@H](CN[C@H](C(=O)NCC(C)C)[C@H](C)O)Cc3ccccc3)cc(N(C)S(C)(=O)=O)c2)n1. The van der Waals surface area contributed by atoms with E-state index < -0.39 is 40.0 Å². The van der Waals surface area contributed by atoms with Crippen LogP contribution in [-0.4, -0.2) is 92.8 Å². The summed E-state index contributed by atoms with van der Waals surface area (Å²) in [5.74, 6) is -1.08. The summed E-state index contributed by atoms with van der Waals surface area (Å²) in [5, 5.41) is 21.9. The molecular formula is C33H46N6O6S2. The van der Waals surface area contributed by atoms with Crippen molar-refractivity contribution in [3.63, 3.8) is 0 Å². The Morgan fingerprint density at radius 3 is 2.23 bits per heavy atom. The summed E-state index contributed by atoms with van der Waals surface area (Å²) >= 11 is 1.43. The van der Waals surface area contributed by atoms with Crippen LogP contribution in [-0.2, 0) is 27.8 Å². The average molecular weight is 687 g/mol. The van der Waals surface area contributed by atoms with E-state index in [1.807, 2.05) is 56.5 Å². The van der Waals surface area contributed by atoms with E-state index in [-0.39, 0.29) is 41.7 Å². The standard InChI is InChI=1S/C33H46N6O6S2/c1-21(2)17-35-32(42)30(23(4)40)34-18-27(13-24-11-9-8-10-12-24)37-31(41)25-14-26(16-28(15-25)39(6)47(7,44)45)33(43)38(5)19-29-36-22(3)20-46-29/h8-12,14-16,20-21,23,27,30,34,40H,13,17-19H2,1-7H3,(H,35,42)(H,37,41)/t23-,27-,30-/m0/s1. The molecule has 0 unspecified atom stereocenters. The Hall–Kier alpha value is -3.85. The van der Waals surface area contributed by atoms with Crippen molar-refractivity contribution in [2.75, 3.05) is 37.7 Å². The Balaban J connectivity index is 1.92. The molecule has 1 aromatic heterocycles. The second-order valence-corrected chi connectivity index (χ2v) is 15.1. The molecule has 2 aromatic carbocycles. The van der Waals surface area contributed by atoms with Gasteiger partial charge in [0, 0.05) is 55.4 Å². The van der Waals surface area contributed by atoms with Crippen molar-refractivity contribution < 1.29 is 27.9 Å². The van der Waals surface area contributed by atoms with Crippen molar-refractivity contribution in [2.45, 2.75) is 58.8 Å². The number of thiazole rings is 1. The van der Waals surface area contributed by atoms with Crippen LogP contribution in [0.5, 0.6) is 0 Å². The van der Waals surface area contributed by atoms with E-state index >= 15 is 0 Å². The van der Waals surface area contributed by atoms with Crippen molar-refractivity contribution >= 4 is 44.8 Å². The summed E-state index contributed by atoms with van der Waals surface area (Å²) in [4.78, 5) is 46.1. The summed E-state index contributed by atoms with van der Waals surface area (Å²) < 4.78 is 25.9. The Morgan fingerprint density at radius 1 is 1.00 bits per heavy atom. The molecule has 3 rings (SSSR count). The minimum absolute atomic E-state index is 0.0830. The van der Waals surface area contributed by atoms with Crippen LogP contribution in [0.1, 0.15) is 57.8 Å². The monoisotopic (exact) mass is 686 g/mol. The summed E-state index contributed by atoms with van der Waals surface area (Å²) in [6.07, 6.45) is 0.428. The number of aryl methyl sites for hydroxylation is 1. The molecule has 0 saturated carbocycles. The van der Waals surface area contributed by atoms with Gasteiger partial charge in [0.05, 0.1) is 24.6 Å². The second-order valence-electron chi connectivity index (χ2n) is 12.2. The highest BCUT2D eigenvalue weighted by atomic mass is 32.2. The molecule has 14 heteroatoms. The molecule has 256 valence electrons. The summed E-state index contributed by atoms with van der Waals surface area (Å²) in [7, 11) is -0.752. The second kappa shape index (κ2) is 16.8. The van der Waals surface area contributed by atoms with Gasteiger partial charge in [-0.3, -0.25) is 18.7 Å². The fourth-order valence-electron chi connectivity index (χ4n) is 4.72. The van der Waals surface area contributed by atoms with Crippen LogP contribution >= 0.6 is 11.3 Å². The number of anilines is 1. The summed E-state index contributed by atoms with van der Waals surface area (Å²) in [6, 6.07) is 12.3. The largest absolute Gasteiger partial charge is 0.391 e. The molecule has 4 N–H and O–H groups in total. The van der Waals surface area contributed by atoms with Crippen LogP contribution in [0.25, 0.3) is 0 Å². The van der Waals surface area contributed by atoms with Crippen LogP contribution in [0, 0.1) is 12.8 Å². The first-order valence-corrected chi connectivity index (χ1v) is 18.1. The Morgan fingerprint density at radius 2 is 1.66 bits per heavy atom. The number of amides is 3. The van der Waals surface area contributed by atoms with Crippen LogP contribution in [0.15, 0.2) is 53.9 Å². The molecule has 0 radical (unpaired) electrons. The predicted octanol–water partition coefficient (Wildman–Crippen LogP) is 2.57. The van der Waals surface area contributed by atoms with Gasteiger partial charge in [-0.2, -0.15) is 0 Å². The van der Waals surface area contributed by atoms with Gasteiger partial charge in [0.25, 0.3) is 11.8 Å².